The summed E-state index contributed by atoms with van der Waals surface area (Å²) in [7, 11) is 0. The van der Waals surface area contributed by atoms with Gasteiger partial charge >= 0.3 is 0 Å². The molecule has 0 aliphatic heterocycles. The first-order valence-electron chi connectivity index (χ1n) is 5.49. The zero-order valence-electron chi connectivity index (χ0n) is 9.63. The van der Waals surface area contributed by atoms with Crippen LogP contribution in [0.15, 0.2) is 29.2 Å². The van der Waals surface area contributed by atoms with E-state index in [2.05, 4.69) is 40.2 Å². The van der Waals surface area contributed by atoms with E-state index >= 15 is 0 Å². The highest BCUT2D eigenvalue weighted by Crippen LogP contribution is 2.24. The van der Waals surface area contributed by atoms with E-state index in [4.69, 9.17) is 5.73 Å². The average Bonchev–Trinajstić information content (AvgIpc) is 2.88. The zero-order valence-corrected chi connectivity index (χ0v) is 10.4. The summed E-state index contributed by atoms with van der Waals surface area (Å²) in [5, 5.41) is 4.24. The minimum absolute atomic E-state index is 0.214. The number of nitrogens with two attached hydrogens (primary N) is 1. The van der Waals surface area contributed by atoms with Crippen molar-refractivity contribution in [1.29, 1.82) is 0 Å². The number of nitrogens with zero attached hydrogens (tertiary/aromatic N) is 2. The van der Waals surface area contributed by atoms with Gasteiger partial charge in [-0.25, -0.2) is 4.98 Å². The second kappa shape index (κ2) is 4.80. The molecule has 0 radical (unpaired) electrons. The molecule has 1 unspecified atom stereocenters. The lowest BCUT2D eigenvalue weighted by Gasteiger charge is -2.19. The largest absolute Gasteiger partial charge is 0.328 e. The lowest BCUT2D eigenvalue weighted by molar-refractivity contribution is 0.550. The first-order chi connectivity index (χ1) is 7.74. The van der Waals surface area contributed by atoms with Crippen LogP contribution in [-0.2, 0) is 0 Å². The maximum atomic E-state index is 5.88. The average molecular weight is 235 g/mol. The summed E-state index contributed by atoms with van der Waals surface area (Å²) < 4.78 is 2.19. The zero-order chi connectivity index (χ0) is 11.5. The first kappa shape index (κ1) is 11.4. The Labute approximate surface area is 99.9 Å². The fourth-order valence-electron chi connectivity index (χ4n) is 1.91. The number of hydrogen-bond acceptors (Lipinski definition) is 3. The van der Waals surface area contributed by atoms with Gasteiger partial charge in [0.25, 0.3) is 0 Å². The van der Waals surface area contributed by atoms with Crippen molar-refractivity contribution >= 4 is 11.3 Å². The Hall–Kier alpha value is -1.13. The van der Waals surface area contributed by atoms with E-state index in [0.717, 1.165) is 5.82 Å². The van der Waals surface area contributed by atoms with Gasteiger partial charge in [0.2, 0.25) is 0 Å². The monoisotopic (exact) mass is 235 g/mol. The van der Waals surface area contributed by atoms with Crippen molar-refractivity contribution in [3.63, 3.8) is 0 Å². The predicted molar refractivity (Wildman–Crippen MR) is 67.8 cm³/mol. The quantitative estimate of drug-likeness (QED) is 0.885. The van der Waals surface area contributed by atoms with Crippen molar-refractivity contribution in [1.82, 2.24) is 9.55 Å². The highest BCUT2D eigenvalue weighted by Gasteiger charge is 2.17. The van der Waals surface area contributed by atoms with E-state index in [-0.39, 0.29) is 6.04 Å². The van der Waals surface area contributed by atoms with Gasteiger partial charge in [-0.15, -0.1) is 0 Å². The van der Waals surface area contributed by atoms with Crippen LogP contribution in [0.1, 0.15) is 37.2 Å². The molecule has 0 aliphatic rings. The molecule has 16 heavy (non-hydrogen) atoms. The van der Waals surface area contributed by atoms with Crippen LogP contribution >= 0.6 is 11.3 Å². The van der Waals surface area contributed by atoms with Crippen LogP contribution in [0.25, 0.3) is 0 Å². The highest BCUT2D eigenvalue weighted by atomic mass is 32.1. The Balaban J connectivity index is 2.37. The molecule has 4 heteroatoms. The van der Waals surface area contributed by atoms with Crippen molar-refractivity contribution in [3.05, 3.63) is 40.6 Å². The maximum Gasteiger partial charge on any atom is 0.111 e. The second-order valence-electron chi connectivity index (χ2n) is 4.16. The SMILES string of the molecule is CC(C)c1nccn1C(CN)c1ccsc1. The molecule has 0 spiro atoms. The van der Waals surface area contributed by atoms with Gasteiger partial charge in [0.15, 0.2) is 0 Å². The molecule has 1 atom stereocenters. The highest BCUT2D eigenvalue weighted by molar-refractivity contribution is 7.07. The molecule has 2 N–H and O–H groups in total. The van der Waals surface area contributed by atoms with E-state index < -0.39 is 0 Å². The van der Waals surface area contributed by atoms with E-state index in [0.29, 0.717) is 12.5 Å². The standard InChI is InChI=1S/C12H17N3S/c1-9(2)12-14-4-5-15(12)11(7-13)10-3-6-16-8-10/h3-6,8-9,11H,7,13H2,1-2H3. The fourth-order valence-corrected chi connectivity index (χ4v) is 2.62. The smallest absolute Gasteiger partial charge is 0.111 e. The molecule has 0 saturated heterocycles. The summed E-state index contributed by atoms with van der Waals surface area (Å²) in [4.78, 5) is 4.41. The summed E-state index contributed by atoms with van der Waals surface area (Å²) in [6, 6.07) is 2.35. The van der Waals surface area contributed by atoms with E-state index in [1.807, 2.05) is 12.4 Å². The predicted octanol–water partition coefficient (Wildman–Crippen LogP) is 2.62. The second-order valence-corrected chi connectivity index (χ2v) is 4.94. The minimum Gasteiger partial charge on any atom is -0.328 e. The molecule has 2 heterocycles. The van der Waals surface area contributed by atoms with Crippen LogP contribution < -0.4 is 5.73 Å². The lowest BCUT2D eigenvalue weighted by Crippen LogP contribution is -2.21. The third-order valence-electron chi connectivity index (χ3n) is 2.70. The number of aromatic nitrogens is 2. The van der Waals surface area contributed by atoms with Gasteiger partial charge in [-0.05, 0) is 22.4 Å². The number of thiophene rings is 1. The van der Waals surface area contributed by atoms with Crippen LogP contribution in [-0.4, -0.2) is 16.1 Å². The molecule has 0 amide bonds. The molecule has 86 valence electrons. The molecule has 3 nitrogen and oxygen atoms in total. The van der Waals surface area contributed by atoms with Gasteiger partial charge in [0.1, 0.15) is 5.82 Å². The molecule has 2 rings (SSSR count). The number of rotatable bonds is 4. The topological polar surface area (TPSA) is 43.8 Å². The van der Waals surface area contributed by atoms with Crippen molar-refractivity contribution in [2.75, 3.05) is 6.54 Å². The molecule has 2 aromatic heterocycles. The Morgan fingerprint density at radius 2 is 2.31 bits per heavy atom. The fraction of sp³-hybridized carbons (Fsp3) is 0.417. The van der Waals surface area contributed by atoms with Crippen molar-refractivity contribution in [2.24, 2.45) is 5.73 Å². The van der Waals surface area contributed by atoms with E-state index in [9.17, 15) is 0 Å². The van der Waals surface area contributed by atoms with Crippen LogP contribution in [0.4, 0.5) is 0 Å². The Kier molecular flexibility index (Phi) is 3.41. The van der Waals surface area contributed by atoms with E-state index in [1.54, 1.807) is 11.3 Å². The first-order valence-corrected chi connectivity index (χ1v) is 6.43. The van der Waals surface area contributed by atoms with Gasteiger partial charge in [-0.3, -0.25) is 0 Å². The van der Waals surface area contributed by atoms with Gasteiger partial charge < -0.3 is 10.3 Å². The van der Waals surface area contributed by atoms with Crippen LogP contribution in [0.5, 0.6) is 0 Å². The van der Waals surface area contributed by atoms with E-state index in [1.165, 1.54) is 5.56 Å². The molecule has 0 aromatic carbocycles. The number of hydrogen-bond donors (Lipinski definition) is 1. The summed E-state index contributed by atoms with van der Waals surface area (Å²) >= 11 is 1.71. The Bertz CT molecular complexity index is 431. The third-order valence-corrected chi connectivity index (χ3v) is 3.40. The molecular weight excluding hydrogens is 218 g/mol. The summed E-state index contributed by atoms with van der Waals surface area (Å²) in [6.07, 6.45) is 3.87. The molecule has 0 fully saturated rings. The molecule has 0 aliphatic carbocycles. The maximum absolute atomic E-state index is 5.88. The van der Waals surface area contributed by atoms with Gasteiger partial charge in [0.05, 0.1) is 6.04 Å². The normalized spacial score (nSPS) is 13.2. The Morgan fingerprint density at radius 3 is 2.88 bits per heavy atom. The van der Waals surface area contributed by atoms with Crippen LogP contribution in [0.3, 0.4) is 0 Å². The van der Waals surface area contributed by atoms with Gasteiger partial charge in [-0.2, -0.15) is 11.3 Å². The Morgan fingerprint density at radius 1 is 1.50 bits per heavy atom. The summed E-state index contributed by atoms with van der Waals surface area (Å²) in [6.45, 7) is 4.91. The number of imidazole rings is 1. The van der Waals surface area contributed by atoms with Gasteiger partial charge in [0, 0.05) is 24.9 Å². The third kappa shape index (κ3) is 2.03. The molecule has 2 aromatic rings. The van der Waals surface area contributed by atoms with Crippen LogP contribution in [0, 0.1) is 0 Å². The van der Waals surface area contributed by atoms with Crippen molar-refractivity contribution < 1.29 is 0 Å². The van der Waals surface area contributed by atoms with Crippen LogP contribution in [0.2, 0.25) is 0 Å². The summed E-state index contributed by atoms with van der Waals surface area (Å²) in [5.74, 6) is 1.52. The summed E-state index contributed by atoms with van der Waals surface area (Å²) in [5.41, 5.74) is 7.15. The van der Waals surface area contributed by atoms with Gasteiger partial charge in [-0.1, -0.05) is 13.8 Å². The lowest BCUT2D eigenvalue weighted by atomic mass is 10.1. The molecule has 0 saturated carbocycles. The minimum atomic E-state index is 0.214. The van der Waals surface area contributed by atoms with Crippen molar-refractivity contribution in [2.45, 2.75) is 25.8 Å². The molecule has 0 bridgehead atoms. The molecular formula is C12H17N3S. The van der Waals surface area contributed by atoms with Crippen molar-refractivity contribution in [3.8, 4) is 0 Å².